The number of hydrogen-bond donors (Lipinski definition) is 1. The zero-order chi connectivity index (χ0) is 24.7. The molecule has 1 N–H and O–H groups in total. The molecule has 8 heteroatoms. The molecule has 0 unspecified atom stereocenters. The van der Waals surface area contributed by atoms with Crippen molar-refractivity contribution in [2.75, 3.05) is 6.54 Å². The third-order valence-corrected chi connectivity index (χ3v) is 6.82. The highest BCUT2D eigenvalue weighted by molar-refractivity contribution is 7.98. The van der Waals surface area contributed by atoms with E-state index in [9.17, 15) is 9.18 Å². The van der Waals surface area contributed by atoms with Crippen LogP contribution in [0.3, 0.4) is 0 Å². The molecule has 5 aromatic rings. The Morgan fingerprint density at radius 3 is 2.58 bits per heavy atom. The number of carbonyl (C=O) groups is 1. The lowest BCUT2D eigenvalue weighted by atomic mass is 10.1. The van der Waals surface area contributed by atoms with Crippen LogP contribution >= 0.6 is 11.8 Å². The van der Waals surface area contributed by atoms with E-state index >= 15 is 0 Å². The minimum Gasteiger partial charge on any atom is -0.469 e. The number of hydrogen-bond acceptors (Lipinski definition) is 5. The summed E-state index contributed by atoms with van der Waals surface area (Å²) in [6.45, 7) is 1.16. The Bertz CT molecular complexity index is 1430. The Hall–Kier alpha value is -3.91. The minimum absolute atomic E-state index is 0.0914. The molecular weight excluding hydrogens is 475 g/mol. The van der Waals surface area contributed by atoms with E-state index in [0.717, 1.165) is 46.0 Å². The second-order valence-electron chi connectivity index (χ2n) is 8.38. The molecule has 3 aromatic heterocycles. The molecule has 0 aliphatic heterocycles. The Balaban J connectivity index is 1.24. The second-order valence-corrected chi connectivity index (χ2v) is 9.32. The predicted molar refractivity (Wildman–Crippen MR) is 138 cm³/mol. The van der Waals surface area contributed by atoms with Crippen LogP contribution in [-0.4, -0.2) is 27.0 Å². The molecule has 5 rings (SSSR count). The Morgan fingerprint density at radius 1 is 1.00 bits per heavy atom. The first kappa shape index (κ1) is 23.8. The molecule has 0 atom stereocenters. The first-order chi connectivity index (χ1) is 17.7. The van der Waals surface area contributed by atoms with Gasteiger partial charge in [0.25, 0.3) is 5.91 Å². The molecule has 0 bridgehead atoms. The van der Waals surface area contributed by atoms with Crippen molar-refractivity contribution in [1.82, 2.24) is 19.9 Å². The van der Waals surface area contributed by atoms with Gasteiger partial charge in [-0.15, -0.1) is 0 Å². The fourth-order valence-corrected chi connectivity index (χ4v) is 4.84. The summed E-state index contributed by atoms with van der Waals surface area (Å²) in [4.78, 5) is 21.8. The number of aromatic nitrogens is 3. The number of imidazole rings is 1. The van der Waals surface area contributed by atoms with Crippen molar-refractivity contribution in [2.45, 2.75) is 30.3 Å². The van der Waals surface area contributed by atoms with Crippen LogP contribution < -0.4 is 5.32 Å². The van der Waals surface area contributed by atoms with Crippen LogP contribution in [0.2, 0.25) is 0 Å². The Labute approximate surface area is 212 Å². The van der Waals surface area contributed by atoms with Gasteiger partial charge in [0.05, 0.1) is 12.8 Å². The molecule has 0 saturated carbocycles. The van der Waals surface area contributed by atoms with E-state index in [1.165, 1.54) is 12.1 Å². The van der Waals surface area contributed by atoms with E-state index < -0.39 is 0 Å². The smallest absolute Gasteiger partial charge is 0.251 e. The summed E-state index contributed by atoms with van der Waals surface area (Å²) in [6, 6.07) is 21.7. The lowest BCUT2D eigenvalue weighted by Crippen LogP contribution is -2.24. The van der Waals surface area contributed by atoms with Crippen LogP contribution in [0.1, 0.15) is 33.7 Å². The Kier molecular flexibility index (Phi) is 7.42. The molecule has 2 aromatic carbocycles. The van der Waals surface area contributed by atoms with Crippen molar-refractivity contribution in [3.8, 4) is 0 Å². The van der Waals surface area contributed by atoms with Crippen molar-refractivity contribution in [3.05, 3.63) is 114 Å². The molecule has 0 aliphatic rings. The van der Waals surface area contributed by atoms with Crippen LogP contribution in [0.15, 0.2) is 94.8 Å². The van der Waals surface area contributed by atoms with Crippen LogP contribution in [0.5, 0.6) is 0 Å². The first-order valence-corrected chi connectivity index (χ1v) is 12.7. The normalized spacial score (nSPS) is 11.1. The highest BCUT2D eigenvalue weighted by Crippen LogP contribution is 2.27. The number of benzene rings is 2. The van der Waals surface area contributed by atoms with Crippen molar-refractivity contribution >= 4 is 28.8 Å². The number of pyridine rings is 1. The number of aryl methyl sites for hydroxylation is 1. The monoisotopic (exact) mass is 500 g/mol. The van der Waals surface area contributed by atoms with Gasteiger partial charge in [0.1, 0.15) is 17.1 Å². The van der Waals surface area contributed by atoms with Gasteiger partial charge in [-0.2, -0.15) is 0 Å². The summed E-state index contributed by atoms with van der Waals surface area (Å²) in [5.41, 5.74) is 4.31. The van der Waals surface area contributed by atoms with Gasteiger partial charge in [0, 0.05) is 30.5 Å². The third-order valence-electron chi connectivity index (χ3n) is 5.77. The largest absolute Gasteiger partial charge is 0.469 e. The maximum absolute atomic E-state index is 13.2. The summed E-state index contributed by atoms with van der Waals surface area (Å²) in [5.74, 6) is 1.26. The van der Waals surface area contributed by atoms with Gasteiger partial charge in [-0.05, 0) is 66.1 Å². The number of thioether (sulfide) groups is 1. The lowest BCUT2D eigenvalue weighted by molar-refractivity contribution is 0.0953. The van der Waals surface area contributed by atoms with Crippen LogP contribution in [-0.2, 0) is 18.7 Å². The van der Waals surface area contributed by atoms with Gasteiger partial charge in [-0.3, -0.25) is 9.36 Å². The number of fused-ring (bicyclic) bond motifs is 1. The van der Waals surface area contributed by atoms with E-state index in [1.54, 1.807) is 36.4 Å². The average Bonchev–Trinajstić information content (AvgIpc) is 3.55. The van der Waals surface area contributed by atoms with E-state index in [1.807, 2.05) is 48.5 Å². The topological polar surface area (TPSA) is 73.0 Å². The van der Waals surface area contributed by atoms with Crippen LogP contribution in [0.25, 0.3) is 11.2 Å². The number of nitrogens with one attached hydrogen (secondary N) is 1. The quantitative estimate of drug-likeness (QED) is 0.192. The maximum Gasteiger partial charge on any atom is 0.251 e. The van der Waals surface area contributed by atoms with E-state index in [0.29, 0.717) is 24.4 Å². The zero-order valence-corrected chi connectivity index (χ0v) is 20.4. The number of halogens is 1. The highest BCUT2D eigenvalue weighted by Gasteiger charge is 2.14. The summed E-state index contributed by atoms with van der Waals surface area (Å²) < 4.78 is 20.6. The van der Waals surface area contributed by atoms with Gasteiger partial charge < -0.3 is 9.73 Å². The maximum atomic E-state index is 13.2. The molecule has 1 amide bonds. The number of rotatable bonds is 10. The fourth-order valence-electron chi connectivity index (χ4n) is 3.88. The van der Waals surface area contributed by atoms with E-state index in [2.05, 4.69) is 14.9 Å². The van der Waals surface area contributed by atoms with Crippen molar-refractivity contribution in [3.63, 3.8) is 0 Å². The van der Waals surface area contributed by atoms with Gasteiger partial charge in [0.15, 0.2) is 10.8 Å². The van der Waals surface area contributed by atoms with Gasteiger partial charge in [-0.25, -0.2) is 14.4 Å². The molecule has 0 fully saturated rings. The predicted octanol–water partition coefficient (Wildman–Crippen LogP) is 5.87. The van der Waals surface area contributed by atoms with E-state index in [4.69, 9.17) is 9.40 Å². The van der Waals surface area contributed by atoms with Crippen LogP contribution in [0.4, 0.5) is 4.39 Å². The summed E-state index contributed by atoms with van der Waals surface area (Å²) in [5, 5.41) is 3.80. The van der Waals surface area contributed by atoms with Crippen LogP contribution in [0, 0.1) is 5.82 Å². The first-order valence-electron chi connectivity index (χ1n) is 11.7. The SMILES string of the molecule is O=C(NCCCc1ccco1)c1ccc(Cn2c(SCc3ccc(F)cc3)nc3cccnc32)cc1. The number of furan rings is 1. The average molecular weight is 501 g/mol. The molecule has 36 heavy (non-hydrogen) atoms. The van der Waals surface area contributed by atoms with Gasteiger partial charge in [-0.1, -0.05) is 36.0 Å². The summed E-state index contributed by atoms with van der Waals surface area (Å²) in [6.07, 6.45) is 5.02. The van der Waals surface area contributed by atoms with Gasteiger partial charge >= 0.3 is 0 Å². The number of carbonyl (C=O) groups excluding carboxylic acids is 1. The molecule has 0 radical (unpaired) electrons. The molecule has 0 aliphatic carbocycles. The Morgan fingerprint density at radius 2 is 1.81 bits per heavy atom. The molecule has 0 saturated heterocycles. The minimum atomic E-state index is -0.244. The summed E-state index contributed by atoms with van der Waals surface area (Å²) >= 11 is 1.59. The highest BCUT2D eigenvalue weighted by atomic mass is 32.2. The van der Waals surface area contributed by atoms with Crippen molar-refractivity contribution in [2.24, 2.45) is 0 Å². The van der Waals surface area contributed by atoms with Crippen molar-refractivity contribution in [1.29, 1.82) is 0 Å². The lowest BCUT2D eigenvalue weighted by Gasteiger charge is -2.10. The molecule has 6 nitrogen and oxygen atoms in total. The van der Waals surface area contributed by atoms with Crippen molar-refractivity contribution < 1.29 is 13.6 Å². The molecule has 3 heterocycles. The number of amides is 1. The number of nitrogens with zero attached hydrogens (tertiary/aromatic N) is 3. The molecule has 182 valence electrons. The van der Waals surface area contributed by atoms with E-state index in [-0.39, 0.29) is 11.7 Å². The standard InChI is InChI=1S/C28H25FN4O2S/c29-23-13-9-21(10-14-23)19-36-28-32-25-6-2-15-30-26(25)33(28)18-20-7-11-22(12-8-20)27(34)31-16-1-4-24-5-3-17-35-24/h2-3,5-15,17H,1,4,16,18-19H2,(H,31,34). The zero-order valence-electron chi connectivity index (χ0n) is 19.6. The summed E-state index contributed by atoms with van der Waals surface area (Å²) in [7, 11) is 0. The fraction of sp³-hybridized carbons (Fsp3) is 0.179. The second kappa shape index (κ2) is 11.2. The van der Waals surface area contributed by atoms with Gasteiger partial charge in [0.2, 0.25) is 0 Å². The molecular formula is C28H25FN4O2S. The molecule has 0 spiro atoms. The third kappa shape index (κ3) is 5.83.